The molecule has 0 unspecified atom stereocenters. The van der Waals surface area contributed by atoms with Crippen LogP contribution in [0.25, 0.3) is 0 Å². The number of carbonyl (C=O) groups is 1. The number of anilines is 1. The molecule has 86 valence electrons. The van der Waals surface area contributed by atoms with Crippen molar-refractivity contribution in [3.8, 4) is 0 Å². The highest BCUT2D eigenvalue weighted by molar-refractivity contribution is 7.99. The van der Waals surface area contributed by atoms with E-state index in [-0.39, 0.29) is 11.8 Å². The van der Waals surface area contributed by atoms with Crippen LogP contribution in [0.5, 0.6) is 0 Å². The summed E-state index contributed by atoms with van der Waals surface area (Å²) >= 11 is 13.3. The lowest BCUT2D eigenvalue weighted by atomic mass is 10.2. The first-order valence-corrected chi connectivity index (χ1v) is 6.91. The van der Waals surface area contributed by atoms with Crippen molar-refractivity contribution in [2.75, 3.05) is 23.1 Å². The SMILES string of the molecule is O=C(CCl)N1CCCSc2ccc(Cl)cc21. The molecule has 1 amide bonds. The van der Waals surface area contributed by atoms with E-state index in [1.54, 1.807) is 16.7 Å². The smallest absolute Gasteiger partial charge is 0.241 e. The maximum atomic E-state index is 11.7. The molecular formula is C11H11Cl2NOS. The Morgan fingerprint density at radius 3 is 3.06 bits per heavy atom. The van der Waals surface area contributed by atoms with E-state index in [4.69, 9.17) is 23.2 Å². The minimum absolute atomic E-state index is 0.0105. The van der Waals surface area contributed by atoms with Gasteiger partial charge in [0.1, 0.15) is 5.88 Å². The lowest BCUT2D eigenvalue weighted by molar-refractivity contribution is -0.116. The Labute approximate surface area is 109 Å². The van der Waals surface area contributed by atoms with E-state index < -0.39 is 0 Å². The van der Waals surface area contributed by atoms with Crippen molar-refractivity contribution >= 4 is 46.6 Å². The van der Waals surface area contributed by atoms with Gasteiger partial charge in [-0.2, -0.15) is 0 Å². The van der Waals surface area contributed by atoms with Crippen LogP contribution in [0.2, 0.25) is 5.02 Å². The van der Waals surface area contributed by atoms with E-state index in [0.717, 1.165) is 22.8 Å². The monoisotopic (exact) mass is 275 g/mol. The molecule has 0 aliphatic carbocycles. The number of alkyl halides is 1. The van der Waals surface area contributed by atoms with Crippen molar-refractivity contribution in [3.63, 3.8) is 0 Å². The maximum Gasteiger partial charge on any atom is 0.241 e. The van der Waals surface area contributed by atoms with E-state index in [1.807, 2.05) is 18.2 Å². The fourth-order valence-corrected chi connectivity index (χ4v) is 2.97. The number of carbonyl (C=O) groups excluding carboxylic acids is 1. The van der Waals surface area contributed by atoms with Crippen LogP contribution in [0.4, 0.5) is 5.69 Å². The first-order chi connectivity index (χ1) is 7.72. The first kappa shape index (κ1) is 12.1. The van der Waals surface area contributed by atoms with Gasteiger partial charge < -0.3 is 4.90 Å². The molecule has 0 atom stereocenters. The number of fused-ring (bicyclic) bond motifs is 1. The highest BCUT2D eigenvalue weighted by atomic mass is 35.5. The Balaban J connectivity index is 2.42. The highest BCUT2D eigenvalue weighted by Gasteiger charge is 2.20. The number of hydrogen-bond donors (Lipinski definition) is 0. The molecule has 1 aromatic rings. The molecule has 0 aromatic heterocycles. The Bertz CT molecular complexity index is 411. The Morgan fingerprint density at radius 1 is 1.50 bits per heavy atom. The summed E-state index contributed by atoms with van der Waals surface area (Å²) < 4.78 is 0. The molecule has 16 heavy (non-hydrogen) atoms. The van der Waals surface area contributed by atoms with Gasteiger partial charge in [0.2, 0.25) is 5.91 Å². The van der Waals surface area contributed by atoms with Gasteiger partial charge >= 0.3 is 0 Å². The van der Waals surface area contributed by atoms with Gasteiger partial charge in [-0.05, 0) is 30.4 Å². The number of rotatable bonds is 1. The van der Waals surface area contributed by atoms with Crippen LogP contribution in [0.15, 0.2) is 23.1 Å². The standard InChI is InChI=1S/C11H11Cl2NOS/c12-7-11(15)14-4-1-5-16-10-3-2-8(13)6-9(10)14/h2-3,6H,1,4-5,7H2. The van der Waals surface area contributed by atoms with Crippen LogP contribution in [0.3, 0.4) is 0 Å². The van der Waals surface area contributed by atoms with Crippen LogP contribution in [-0.2, 0) is 4.79 Å². The fourth-order valence-electron chi connectivity index (χ4n) is 1.68. The van der Waals surface area contributed by atoms with Gasteiger partial charge in [-0.1, -0.05) is 11.6 Å². The molecule has 0 N–H and O–H groups in total. The van der Waals surface area contributed by atoms with Gasteiger partial charge in [0.05, 0.1) is 5.69 Å². The molecule has 1 aliphatic heterocycles. The summed E-state index contributed by atoms with van der Waals surface area (Å²) in [7, 11) is 0. The summed E-state index contributed by atoms with van der Waals surface area (Å²) in [4.78, 5) is 14.6. The van der Waals surface area contributed by atoms with Crippen molar-refractivity contribution in [2.45, 2.75) is 11.3 Å². The van der Waals surface area contributed by atoms with E-state index in [1.165, 1.54) is 0 Å². The summed E-state index contributed by atoms with van der Waals surface area (Å²) in [5, 5.41) is 0.647. The second-order valence-corrected chi connectivity index (χ2v) is 5.33. The maximum absolute atomic E-state index is 11.7. The van der Waals surface area contributed by atoms with E-state index in [9.17, 15) is 4.79 Å². The largest absolute Gasteiger partial charge is 0.310 e. The third kappa shape index (κ3) is 2.47. The van der Waals surface area contributed by atoms with Crippen LogP contribution in [-0.4, -0.2) is 24.1 Å². The molecule has 1 aromatic carbocycles. The molecule has 5 heteroatoms. The van der Waals surface area contributed by atoms with Crippen molar-refractivity contribution in [3.05, 3.63) is 23.2 Å². The van der Waals surface area contributed by atoms with Crippen LogP contribution < -0.4 is 4.90 Å². The minimum atomic E-state index is -0.0623. The average Bonchev–Trinajstić information content (AvgIpc) is 2.50. The normalized spacial score (nSPS) is 15.5. The molecule has 1 heterocycles. The number of nitrogens with zero attached hydrogens (tertiary/aromatic N) is 1. The molecular weight excluding hydrogens is 265 g/mol. The predicted octanol–water partition coefficient (Wildman–Crippen LogP) is 3.41. The third-order valence-electron chi connectivity index (χ3n) is 2.41. The van der Waals surface area contributed by atoms with Crippen molar-refractivity contribution in [2.24, 2.45) is 0 Å². The summed E-state index contributed by atoms with van der Waals surface area (Å²) in [6, 6.07) is 5.64. The van der Waals surface area contributed by atoms with Crippen LogP contribution in [0.1, 0.15) is 6.42 Å². The lowest BCUT2D eigenvalue weighted by Gasteiger charge is -2.21. The molecule has 0 fully saturated rings. The fraction of sp³-hybridized carbons (Fsp3) is 0.364. The molecule has 0 saturated heterocycles. The van der Waals surface area contributed by atoms with E-state index >= 15 is 0 Å². The summed E-state index contributed by atoms with van der Waals surface area (Å²) in [5.41, 5.74) is 0.889. The molecule has 1 aliphatic rings. The molecule has 0 bridgehead atoms. The molecule has 0 spiro atoms. The van der Waals surface area contributed by atoms with Gasteiger partial charge in [0.25, 0.3) is 0 Å². The van der Waals surface area contributed by atoms with Gasteiger partial charge in [-0.25, -0.2) is 0 Å². The number of halogens is 2. The molecule has 2 rings (SSSR count). The average molecular weight is 276 g/mol. The van der Waals surface area contributed by atoms with Gasteiger partial charge in [0.15, 0.2) is 0 Å². The Morgan fingerprint density at radius 2 is 2.31 bits per heavy atom. The zero-order valence-electron chi connectivity index (χ0n) is 8.58. The van der Waals surface area contributed by atoms with Crippen molar-refractivity contribution < 1.29 is 4.79 Å². The summed E-state index contributed by atoms with van der Waals surface area (Å²) in [5.74, 6) is 0.963. The van der Waals surface area contributed by atoms with Crippen molar-refractivity contribution in [1.29, 1.82) is 0 Å². The van der Waals surface area contributed by atoms with Crippen LogP contribution >= 0.6 is 35.0 Å². The zero-order chi connectivity index (χ0) is 11.5. The Kier molecular flexibility index (Phi) is 4.00. The van der Waals surface area contributed by atoms with Gasteiger partial charge in [-0.3, -0.25) is 4.79 Å². The second-order valence-electron chi connectivity index (χ2n) is 3.49. The van der Waals surface area contributed by atoms with E-state index in [2.05, 4.69) is 0 Å². The lowest BCUT2D eigenvalue weighted by Crippen LogP contribution is -2.32. The summed E-state index contributed by atoms with van der Waals surface area (Å²) in [6.45, 7) is 0.714. The molecule has 0 saturated carbocycles. The van der Waals surface area contributed by atoms with Crippen LogP contribution in [0, 0.1) is 0 Å². The summed E-state index contributed by atoms with van der Waals surface area (Å²) in [6.07, 6.45) is 0.972. The third-order valence-corrected chi connectivity index (χ3v) is 4.02. The van der Waals surface area contributed by atoms with Gasteiger partial charge in [-0.15, -0.1) is 23.4 Å². The number of benzene rings is 1. The quantitative estimate of drug-likeness (QED) is 0.733. The zero-order valence-corrected chi connectivity index (χ0v) is 10.9. The van der Waals surface area contributed by atoms with Gasteiger partial charge in [0, 0.05) is 16.5 Å². The second kappa shape index (κ2) is 5.30. The number of hydrogen-bond acceptors (Lipinski definition) is 2. The van der Waals surface area contributed by atoms with Crippen molar-refractivity contribution in [1.82, 2.24) is 0 Å². The minimum Gasteiger partial charge on any atom is -0.310 e. The molecule has 2 nitrogen and oxygen atoms in total. The molecule has 0 radical (unpaired) electrons. The van der Waals surface area contributed by atoms with E-state index in [0.29, 0.717) is 11.6 Å². The highest BCUT2D eigenvalue weighted by Crippen LogP contribution is 2.35. The topological polar surface area (TPSA) is 20.3 Å². The number of amides is 1. The predicted molar refractivity (Wildman–Crippen MR) is 69.9 cm³/mol. The first-order valence-electron chi connectivity index (χ1n) is 5.01. The Hall–Kier alpha value is -0.380. The number of thioether (sulfide) groups is 1.